The highest BCUT2D eigenvalue weighted by Crippen LogP contribution is 2.45. The lowest BCUT2D eigenvalue weighted by Crippen LogP contribution is -2.33. The van der Waals surface area contributed by atoms with Crippen LogP contribution in [0.5, 0.6) is 0 Å². The standard InChI is InChI=1S/C32H37ClN4O3S/c1-20-13-15-36(16-14-20)27-12-10-25(37(39)40)17-21(27)19-34-31-29(30(38)35-24-8-6-23(33)7-9-24)26-11-5-22(32(2,3)4)18-28(26)41-31/h6-10,12,17,19-20,22H,5,11,13-16,18H2,1-4H3,(H,35,38)/t22-/m1/s1. The van der Waals surface area contributed by atoms with Crippen LogP contribution in [0.2, 0.25) is 5.02 Å². The smallest absolute Gasteiger partial charge is 0.270 e. The minimum Gasteiger partial charge on any atom is -0.371 e. The number of amides is 1. The molecule has 2 aromatic carbocycles. The SMILES string of the molecule is CC1CCN(c2ccc([N+](=O)[O-])cc2C=Nc2sc3c(c2C(=O)Nc2ccc(Cl)cc2)CC[C@@H](C(C)(C)C)C3)CC1. The van der Waals surface area contributed by atoms with Gasteiger partial charge in [-0.25, -0.2) is 4.99 Å². The van der Waals surface area contributed by atoms with Gasteiger partial charge in [-0.3, -0.25) is 14.9 Å². The van der Waals surface area contributed by atoms with E-state index in [0.717, 1.165) is 56.4 Å². The minimum atomic E-state index is -0.374. The van der Waals surface area contributed by atoms with Crippen molar-refractivity contribution in [3.63, 3.8) is 0 Å². The first-order valence-corrected chi connectivity index (χ1v) is 15.5. The first kappa shape index (κ1) is 29.3. The van der Waals surface area contributed by atoms with Gasteiger partial charge in [0.05, 0.1) is 10.5 Å². The van der Waals surface area contributed by atoms with Crippen LogP contribution in [0.15, 0.2) is 47.5 Å². The second kappa shape index (κ2) is 11.9. The molecule has 41 heavy (non-hydrogen) atoms. The number of anilines is 2. The molecule has 2 aliphatic rings. The highest BCUT2D eigenvalue weighted by molar-refractivity contribution is 7.16. The predicted molar refractivity (Wildman–Crippen MR) is 170 cm³/mol. The number of rotatable bonds is 6. The average molecular weight is 593 g/mol. The van der Waals surface area contributed by atoms with Gasteiger partial charge >= 0.3 is 0 Å². The number of nitrogens with zero attached hydrogens (tertiary/aromatic N) is 3. The summed E-state index contributed by atoms with van der Waals surface area (Å²) in [5.41, 5.74) is 4.16. The molecule has 1 atom stereocenters. The molecule has 0 saturated carbocycles. The van der Waals surface area contributed by atoms with Crippen LogP contribution in [-0.2, 0) is 12.8 Å². The number of hydrogen-bond donors (Lipinski definition) is 1. The number of carbonyl (C=O) groups is 1. The number of hydrogen-bond acceptors (Lipinski definition) is 6. The Morgan fingerprint density at radius 1 is 1.15 bits per heavy atom. The summed E-state index contributed by atoms with van der Waals surface area (Å²) in [6.45, 7) is 10.9. The number of benzene rings is 2. The Kier molecular flexibility index (Phi) is 8.52. The van der Waals surface area contributed by atoms with Gasteiger partial charge in [-0.2, -0.15) is 0 Å². The van der Waals surface area contributed by atoms with Gasteiger partial charge in [-0.05, 0) is 85.3 Å². The molecule has 5 rings (SSSR count). The number of nitro benzene ring substituents is 1. The third kappa shape index (κ3) is 6.65. The summed E-state index contributed by atoms with van der Waals surface area (Å²) in [5, 5.41) is 15.9. The Labute approximate surface area is 250 Å². The normalized spacial score (nSPS) is 18.0. The molecule has 0 radical (unpaired) electrons. The molecule has 1 amide bonds. The van der Waals surface area contributed by atoms with Gasteiger partial charge in [-0.15, -0.1) is 11.3 Å². The van der Waals surface area contributed by atoms with E-state index in [1.807, 2.05) is 6.07 Å². The number of nitrogens with one attached hydrogen (secondary N) is 1. The van der Waals surface area contributed by atoms with Crippen molar-refractivity contribution in [2.24, 2.45) is 22.2 Å². The van der Waals surface area contributed by atoms with Gasteiger partial charge in [0.1, 0.15) is 5.00 Å². The van der Waals surface area contributed by atoms with Crippen LogP contribution < -0.4 is 10.2 Å². The third-order valence-electron chi connectivity index (χ3n) is 8.47. The van der Waals surface area contributed by atoms with E-state index in [0.29, 0.717) is 38.7 Å². The largest absolute Gasteiger partial charge is 0.371 e. The lowest BCUT2D eigenvalue weighted by Gasteiger charge is -2.33. The van der Waals surface area contributed by atoms with Crippen LogP contribution in [0.25, 0.3) is 0 Å². The molecule has 1 saturated heterocycles. The van der Waals surface area contributed by atoms with Crippen molar-refractivity contribution in [2.45, 2.75) is 59.8 Å². The van der Waals surface area contributed by atoms with Crippen LogP contribution in [0.3, 0.4) is 0 Å². The number of piperidine rings is 1. The van der Waals surface area contributed by atoms with Gasteiger partial charge < -0.3 is 10.2 Å². The number of halogens is 1. The molecule has 2 heterocycles. The summed E-state index contributed by atoms with van der Waals surface area (Å²) in [6, 6.07) is 12.0. The Morgan fingerprint density at radius 2 is 1.85 bits per heavy atom. The third-order valence-corrected chi connectivity index (χ3v) is 9.88. The zero-order valence-electron chi connectivity index (χ0n) is 24.1. The highest BCUT2D eigenvalue weighted by atomic mass is 35.5. The molecule has 9 heteroatoms. The number of fused-ring (bicyclic) bond motifs is 1. The van der Waals surface area contributed by atoms with E-state index in [4.69, 9.17) is 16.6 Å². The average Bonchev–Trinajstić information content (AvgIpc) is 3.31. The number of nitro groups is 1. The fraction of sp³-hybridized carbons (Fsp3) is 0.438. The quantitative estimate of drug-likeness (QED) is 0.176. The topological polar surface area (TPSA) is 87.8 Å². The van der Waals surface area contributed by atoms with Crippen LogP contribution in [0, 0.1) is 27.4 Å². The van der Waals surface area contributed by atoms with Crippen LogP contribution >= 0.6 is 22.9 Å². The highest BCUT2D eigenvalue weighted by Gasteiger charge is 2.34. The molecule has 7 nitrogen and oxygen atoms in total. The van der Waals surface area contributed by atoms with Crippen molar-refractivity contribution >= 4 is 57.1 Å². The van der Waals surface area contributed by atoms with Crippen LogP contribution in [0.1, 0.15) is 73.3 Å². The fourth-order valence-corrected chi connectivity index (χ4v) is 7.18. The Bertz CT molecular complexity index is 1470. The summed E-state index contributed by atoms with van der Waals surface area (Å²) in [5.74, 6) is 0.982. The van der Waals surface area contributed by atoms with Crippen LogP contribution in [0.4, 0.5) is 22.1 Å². The van der Waals surface area contributed by atoms with Gasteiger partial charge in [0.2, 0.25) is 0 Å². The van der Waals surface area contributed by atoms with Crippen molar-refractivity contribution in [3.05, 3.63) is 79.2 Å². The maximum atomic E-state index is 13.7. The van der Waals surface area contributed by atoms with E-state index in [2.05, 4.69) is 37.9 Å². The summed E-state index contributed by atoms with van der Waals surface area (Å²) in [4.78, 5) is 33.3. The molecule has 1 aromatic heterocycles. The molecular formula is C32H37ClN4O3S. The molecule has 3 aromatic rings. The van der Waals surface area contributed by atoms with E-state index >= 15 is 0 Å². The zero-order chi connectivity index (χ0) is 29.3. The first-order valence-electron chi connectivity index (χ1n) is 14.3. The van der Waals surface area contributed by atoms with Crippen LogP contribution in [-0.4, -0.2) is 30.1 Å². The molecular weight excluding hydrogens is 556 g/mol. The summed E-state index contributed by atoms with van der Waals surface area (Å²) in [7, 11) is 0. The van der Waals surface area contributed by atoms with E-state index in [1.165, 1.54) is 4.88 Å². The van der Waals surface area contributed by atoms with E-state index in [1.54, 1.807) is 53.9 Å². The molecule has 1 N–H and O–H groups in total. The number of carbonyl (C=O) groups excluding carboxylic acids is 1. The van der Waals surface area contributed by atoms with E-state index in [9.17, 15) is 14.9 Å². The molecule has 0 unspecified atom stereocenters. The molecule has 216 valence electrons. The summed E-state index contributed by atoms with van der Waals surface area (Å²) < 4.78 is 0. The Hall–Kier alpha value is -3.23. The van der Waals surface area contributed by atoms with Crippen molar-refractivity contribution < 1.29 is 9.72 Å². The first-order chi connectivity index (χ1) is 19.5. The lowest BCUT2D eigenvalue weighted by atomic mass is 9.72. The number of aliphatic imine (C=N–C) groups is 1. The monoisotopic (exact) mass is 592 g/mol. The summed E-state index contributed by atoms with van der Waals surface area (Å²) >= 11 is 7.62. The minimum absolute atomic E-state index is 0.0276. The lowest BCUT2D eigenvalue weighted by molar-refractivity contribution is -0.384. The second-order valence-electron chi connectivity index (χ2n) is 12.4. The molecule has 0 bridgehead atoms. The molecule has 1 fully saturated rings. The Morgan fingerprint density at radius 3 is 2.51 bits per heavy atom. The fourth-order valence-electron chi connectivity index (χ4n) is 5.79. The maximum Gasteiger partial charge on any atom is 0.270 e. The molecule has 1 aliphatic carbocycles. The van der Waals surface area contributed by atoms with Gasteiger partial charge in [0.25, 0.3) is 11.6 Å². The van der Waals surface area contributed by atoms with E-state index < -0.39 is 0 Å². The van der Waals surface area contributed by atoms with Gasteiger partial charge in [0.15, 0.2) is 0 Å². The van der Waals surface area contributed by atoms with Crippen molar-refractivity contribution in [1.82, 2.24) is 0 Å². The van der Waals surface area contributed by atoms with Gasteiger partial charge in [-0.1, -0.05) is 39.3 Å². The van der Waals surface area contributed by atoms with Crippen molar-refractivity contribution in [2.75, 3.05) is 23.3 Å². The molecule has 1 aliphatic heterocycles. The zero-order valence-corrected chi connectivity index (χ0v) is 25.6. The number of thiophene rings is 1. The Balaban J connectivity index is 1.53. The predicted octanol–water partition coefficient (Wildman–Crippen LogP) is 8.70. The van der Waals surface area contributed by atoms with Crippen molar-refractivity contribution in [1.29, 1.82) is 0 Å². The van der Waals surface area contributed by atoms with E-state index in [-0.39, 0.29) is 21.9 Å². The van der Waals surface area contributed by atoms with Crippen molar-refractivity contribution in [3.8, 4) is 0 Å². The maximum absolute atomic E-state index is 13.7. The number of non-ortho nitro benzene ring substituents is 1. The summed E-state index contributed by atoms with van der Waals surface area (Å²) in [6.07, 6.45) is 6.61. The molecule has 0 spiro atoms. The second-order valence-corrected chi connectivity index (χ2v) is 13.9. The van der Waals surface area contributed by atoms with Gasteiger partial charge in [0, 0.05) is 58.3 Å².